The molecule has 0 saturated heterocycles. The molecule has 0 aliphatic carbocycles. The molecule has 0 aromatic carbocycles. The third-order valence-corrected chi connectivity index (χ3v) is 4.37. The summed E-state index contributed by atoms with van der Waals surface area (Å²) in [5.74, 6) is -1.91. The van der Waals surface area contributed by atoms with E-state index in [2.05, 4.69) is 4.74 Å². The third-order valence-electron chi connectivity index (χ3n) is 1.95. The van der Waals surface area contributed by atoms with Gasteiger partial charge < -0.3 is 13.8 Å². The first-order valence-corrected chi connectivity index (χ1v) is 7.13. The molecule has 100 valence electrons. The zero-order valence-electron chi connectivity index (χ0n) is 10.6. The molecule has 0 fully saturated rings. The SMILES string of the molecule is CCOC(=O)C(=O)C(C)P(=O)(OCC)OCC. The Morgan fingerprint density at radius 1 is 1.06 bits per heavy atom. The number of esters is 1. The maximum atomic E-state index is 12.2. The van der Waals surface area contributed by atoms with Crippen LogP contribution in [0.15, 0.2) is 0 Å². The molecule has 6 nitrogen and oxygen atoms in total. The average Bonchev–Trinajstić information content (AvgIpc) is 2.28. The summed E-state index contributed by atoms with van der Waals surface area (Å²) >= 11 is 0. The molecular formula is C10H19O6P. The summed E-state index contributed by atoms with van der Waals surface area (Å²) in [5, 5.41) is 0. The van der Waals surface area contributed by atoms with Gasteiger partial charge in [0.1, 0.15) is 5.66 Å². The van der Waals surface area contributed by atoms with Gasteiger partial charge in [-0.25, -0.2) is 4.79 Å². The second kappa shape index (κ2) is 7.58. The van der Waals surface area contributed by atoms with Crippen molar-refractivity contribution in [1.29, 1.82) is 0 Å². The number of hydrogen-bond donors (Lipinski definition) is 0. The highest BCUT2D eigenvalue weighted by atomic mass is 31.2. The molecule has 0 aliphatic heterocycles. The van der Waals surface area contributed by atoms with Crippen LogP contribution >= 0.6 is 7.60 Å². The van der Waals surface area contributed by atoms with Gasteiger partial charge >= 0.3 is 13.6 Å². The molecule has 17 heavy (non-hydrogen) atoms. The minimum Gasteiger partial charge on any atom is -0.460 e. The molecule has 0 radical (unpaired) electrons. The predicted octanol–water partition coefficient (Wildman–Crippen LogP) is 1.77. The molecule has 0 aromatic rings. The molecule has 0 bridgehead atoms. The maximum absolute atomic E-state index is 12.2. The number of ether oxygens (including phenoxy) is 1. The zero-order valence-corrected chi connectivity index (χ0v) is 11.5. The first-order chi connectivity index (χ1) is 7.92. The fourth-order valence-electron chi connectivity index (χ4n) is 1.14. The van der Waals surface area contributed by atoms with Crippen molar-refractivity contribution in [3.63, 3.8) is 0 Å². The summed E-state index contributed by atoms with van der Waals surface area (Å²) in [6, 6.07) is 0. The molecule has 1 unspecified atom stereocenters. The second-order valence-electron chi connectivity index (χ2n) is 3.14. The van der Waals surface area contributed by atoms with Crippen molar-refractivity contribution in [3.05, 3.63) is 0 Å². The highest BCUT2D eigenvalue weighted by Crippen LogP contribution is 2.53. The van der Waals surface area contributed by atoms with E-state index in [-0.39, 0.29) is 19.8 Å². The van der Waals surface area contributed by atoms with Gasteiger partial charge in [-0.05, 0) is 27.7 Å². The van der Waals surface area contributed by atoms with Gasteiger partial charge in [0, 0.05) is 0 Å². The molecule has 0 aliphatic rings. The topological polar surface area (TPSA) is 78.9 Å². The van der Waals surface area contributed by atoms with Crippen LogP contribution in [0.1, 0.15) is 27.7 Å². The molecule has 0 N–H and O–H groups in total. The van der Waals surface area contributed by atoms with Gasteiger partial charge in [-0.1, -0.05) is 0 Å². The lowest BCUT2D eigenvalue weighted by Crippen LogP contribution is -2.29. The number of hydrogen-bond acceptors (Lipinski definition) is 6. The maximum Gasteiger partial charge on any atom is 0.375 e. The Labute approximate surface area is 101 Å². The summed E-state index contributed by atoms with van der Waals surface area (Å²) in [6.45, 7) is 6.55. The molecule has 0 saturated carbocycles. The molecule has 0 aromatic heterocycles. The summed E-state index contributed by atoms with van der Waals surface area (Å²) in [5.41, 5.74) is -1.15. The van der Waals surface area contributed by atoms with Gasteiger partial charge in [0.2, 0.25) is 0 Å². The van der Waals surface area contributed by atoms with Crippen LogP contribution < -0.4 is 0 Å². The van der Waals surface area contributed by atoms with Crippen molar-refractivity contribution < 1.29 is 27.9 Å². The van der Waals surface area contributed by atoms with Crippen LogP contribution in [-0.2, 0) is 27.9 Å². The van der Waals surface area contributed by atoms with Gasteiger partial charge in [-0.3, -0.25) is 9.36 Å². The van der Waals surface area contributed by atoms with Crippen molar-refractivity contribution in [2.24, 2.45) is 0 Å². The second-order valence-corrected chi connectivity index (χ2v) is 5.51. The lowest BCUT2D eigenvalue weighted by atomic mass is 10.3. The summed E-state index contributed by atoms with van der Waals surface area (Å²) in [7, 11) is -3.59. The Hall–Kier alpha value is -0.710. The zero-order chi connectivity index (χ0) is 13.5. The number of carbonyl (C=O) groups is 2. The molecular weight excluding hydrogens is 247 g/mol. The van der Waals surface area contributed by atoms with Crippen molar-refractivity contribution in [2.75, 3.05) is 19.8 Å². The number of carbonyl (C=O) groups excluding carboxylic acids is 2. The molecule has 0 spiro atoms. The Morgan fingerprint density at radius 2 is 1.53 bits per heavy atom. The summed E-state index contributed by atoms with van der Waals surface area (Å²) in [4.78, 5) is 22.9. The summed E-state index contributed by atoms with van der Waals surface area (Å²) < 4.78 is 26.7. The fourth-order valence-corrected chi connectivity index (χ4v) is 2.77. The van der Waals surface area contributed by atoms with Crippen LogP contribution in [0.2, 0.25) is 0 Å². The summed E-state index contributed by atoms with van der Waals surface area (Å²) in [6.07, 6.45) is 0. The smallest absolute Gasteiger partial charge is 0.375 e. The van der Waals surface area contributed by atoms with E-state index in [1.54, 1.807) is 20.8 Å². The molecule has 0 heterocycles. The normalized spacial score (nSPS) is 13.2. The van der Waals surface area contributed by atoms with Crippen LogP contribution in [-0.4, -0.2) is 37.2 Å². The lowest BCUT2D eigenvalue weighted by molar-refractivity contribution is -0.153. The van der Waals surface area contributed by atoms with E-state index in [0.717, 1.165) is 0 Å². The van der Waals surface area contributed by atoms with E-state index in [9.17, 15) is 14.2 Å². The first kappa shape index (κ1) is 16.3. The van der Waals surface area contributed by atoms with Gasteiger partial charge in [-0.2, -0.15) is 0 Å². The van der Waals surface area contributed by atoms with E-state index in [1.807, 2.05) is 0 Å². The van der Waals surface area contributed by atoms with Gasteiger partial charge in [0.15, 0.2) is 0 Å². The molecule has 1 atom stereocenters. The Kier molecular flexibility index (Phi) is 7.27. The monoisotopic (exact) mass is 266 g/mol. The van der Waals surface area contributed by atoms with Gasteiger partial charge in [0.05, 0.1) is 19.8 Å². The third kappa shape index (κ3) is 4.58. The Morgan fingerprint density at radius 3 is 1.88 bits per heavy atom. The molecule has 7 heteroatoms. The highest BCUT2D eigenvalue weighted by molar-refractivity contribution is 7.56. The minimum absolute atomic E-state index is 0.0882. The van der Waals surface area contributed by atoms with Crippen LogP contribution in [0.4, 0.5) is 0 Å². The largest absolute Gasteiger partial charge is 0.460 e. The minimum atomic E-state index is -3.59. The Bertz CT molecular complexity index is 304. The molecule has 0 rings (SSSR count). The predicted molar refractivity (Wildman–Crippen MR) is 62.0 cm³/mol. The van der Waals surface area contributed by atoms with Crippen molar-refractivity contribution in [2.45, 2.75) is 33.4 Å². The van der Waals surface area contributed by atoms with Crippen LogP contribution in [0, 0.1) is 0 Å². The van der Waals surface area contributed by atoms with E-state index >= 15 is 0 Å². The van der Waals surface area contributed by atoms with E-state index in [4.69, 9.17) is 9.05 Å². The van der Waals surface area contributed by atoms with Crippen molar-refractivity contribution >= 4 is 19.3 Å². The van der Waals surface area contributed by atoms with Crippen LogP contribution in [0.5, 0.6) is 0 Å². The van der Waals surface area contributed by atoms with Crippen molar-refractivity contribution in [3.8, 4) is 0 Å². The number of ketones is 1. The van der Waals surface area contributed by atoms with E-state index < -0.39 is 25.0 Å². The van der Waals surface area contributed by atoms with Crippen molar-refractivity contribution in [1.82, 2.24) is 0 Å². The lowest BCUT2D eigenvalue weighted by Gasteiger charge is -2.21. The number of rotatable bonds is 8. The quantitative estimate of drug-likeness (QED) is 0.378. The van der Waals surface area contributed by atoms with Crippen LogP contribution in [0.3, 0.4) is 0 Å². The number of Topliss-reactive ketones (excluding diaryl/α,β-unsaturated/α-hetero) is 1. The highest BCUT2D eigenvalue weighted by Gasteiger charge is 2.40. The van der Waals surface area contributed by atoms with E-state index in [0.29, 0.717) is 0 Å². The van der Waals surface area contributed by atoms with Gasteiger partial charge in [0.25, 0.3) is 5.78 Å². The standard InChI is InChI=1S/C10H19O6P/c1-5-14-10(12)9(11)8(4)17(13,15-6-2)16-7-3/h8H,5-7H2,1-4H3. The van der Waals surface area contributed by atoms with Crippen LogP contribution in [0.25, 0.3) is 0 Å². The average molecular weight is 266 g/mol. The van der Waals surface area contributed by atoms with Gasteiger partial charge in [-0.15, -0.1) is 0 Å². The first-order valence-electron chi connectivity index (χ1n) is 5.52. The van der Waals surface area contributed by atoms with E-state index in [1.165, 1.54) is 6.92 Å². The molecule has 0 amide bonds. The fraction of sp³-hybridized carbons (Fsp3) is 0.800. The Balaban J connectivity index is 4.83.